The number of amides is 1. The fourth-order valence-electron chi connectivity index (χ4n) is 3.72. The fraction of sp³-hybridized carbons (Fsp3) is 0.462. The van der Waals surface area contributed by atoms with Gasteiger partial charge in [0, 0.05) is 30.9 Å². The van der Waals surface area contributed by atoms with Crippen molar-refractivity contribution in [1.29, 1.82) is 0 Å². The molecule has 1 amide bonds. The van der Waals surface area contributed by atoms with E-state index in [1.807, 2.05) is 24.3 Å². The third-order valence-corrected chi connectivity index (χ3v) is 5.52. The van der Waals surface area contributed by atoms with Crippen LogP contribution in [0.4, 0.5) is 5.69 Å². The summed E-state index contributed by atoms with van der Waals surface area (Å²) in [6, 6.07) is 14.0. The molecular formula is C26H36N4O2. The predicted molar refractivity (Wildman–Crippen MR) is 132 cm³/mol. The summed E-state index contributed by atoms with van der Waals surface area (Å²) in [7, 11) is 0. The number of hydrogen-bond acceptors (Lipinski definition) is 4. The van der Waals surface area contributed by atoms with Gasteiger partial charge in [0.15, 0.2) is 0 Å². The van der Waals surface area contributed by atoms with Gasteiger partial charge >= 0.3 is 0 Å². The highest BCUT2D eigenvalue weighted by Crippen LogP contribution is 2.22. The van der Waals surface area contributed by atoms with Crippen LogP contribution in [-0.4, -0.2) is 56.2 Å². The number of nitrogens with zero attached hydrogens (tertiary/aromatic N) is 2. The lowest BCUT2D eigenvalue weighted by Crippen LogP contribution is -2.39. The van der Waals surface area contributed by atoms with Crippen molar-refractivity contribution >= 4 is 17.6 Å². The van der Waals surface area contributed by atoms with Gasteiger partial charge in [-0.2, -0.15) is 0 Å². The van der Waals surface area contributed by atoms with Gasteiger partial charge in [0.25, 0.3) is 5.91 Å². The average Bonchev–Trinajstić information content (AvgIpc) is 2.73. The topological polar surface area (TPSA) is 66.0 Å². The SMILES string of the molecule is Cc1cc(C)cc(NC(=NCCN2CCOCC2)NC(=O)c2ccc(C(C)(C)C)cc2)c1. The molecule has 0 bridgehead atoms. The number of aliphatic imine (C=N–C) groups is 1. The van der Waals surface area contributed by atoms with Crippen molar-refractivity contribution in [3.8, 4) is 0 Å². The minimum absolute atomic E-state index is 0.0473. The zero-order valence-electron chi connectivity index (χ0n) is 20.0. The Morgan fingerprint density at radius 3 is 2.25 bits per heavy atom. The summed E-state index contributed by atoms with van der Waals surface area (Å²) in [5.41, 5.74) is 5.08. The van der Waals surface area contributed by atoms with Gasteiger partial charge in [-0.05, 0) is 60.2 Å². The van der Waals surface area contributed by atoms with Crippen LogP contribution in [0.2, 0.25) is 0 Å². The molecule has 2 N–H and O–H groups in total. The van der Waals surface area contributed by atoms with Crippen LogP contribution < -0.4 is 10.6 Å². The number of hydrogen-bond donors (Lipinski definition) is 2. The molecule has 6 nitrogen and oxygen atoms in total. The van der Waals surface area contributed by atoms with E-state index in [2.05, 4.69) is 73.3 Å². The van der Waals surface area contributed by atoms with Crippen LogP contribution in [0.25, 0.3) is 0 Å². The molecule has 0 aromatic heterocycles. The summed E-state index contributed by atoms with van der Waals surface area (Å²) in [5.74, 6) is 0.292. The first-order chi connectivity index (χ1) is 15.2. The van der Waals surface area contributed by atoms with Gasteiger partial charge in [0.05, 0.1) is 19.8 Å². The summed E-state index contributed by atoms with van der Waals surface area (Å²) in [6.07, 6.45) is 0. The van der Waals surface area contributed by atoms with E-state index in [1.165, 1.54) is 5.56 Å². The van der Waals surface area contributed by atoms with E-state index in [9.17, 15) is 4.79 Å². The maximum absolute atomic E-state index is 12.9. The summed E-state index contributed by atoms with van der Waals surface area (Å²) in [4.78, 5) is 20.0. The molecule has 1 aliphatic heterocycles. The Hall–Kier alpha value is -2.70. The molecule has 0 atom stereocenters. The van der Waals surface area contributed by atoms with Crippen molar-refractivity contribution < 1.29 is 9.53 Å². The molecule has 1 heterocycles. The minimum Gasteiger partial charge on any atom is -0.379 e. The van der Waals surface area contributed by atoms with E-state index in [4.69, 9.17) is 4.74 Å². The van der Waals surface area contributed by atoms with Crippen LogP contribution in [0.1, 0.15) is 47.8 Å². The Bertz CT molecular complexity index is 919. The van der Waals surface area contributed by atoms with Crippen LogP contribution in [-0.2, 0) is 10.2 Å². The highest BCUT2D eigenvalue weighted by molar-refractivity contribution is 6.10. The molecule has 0 aliphatic carbocycles. The average molecular weight is 437 g/mol. The van der Waals surface area contributed by atoms with Crippen molar-refractivity contribution in [3.05, 3.63) is 64.7 Å². The number of nitrogens with one attached hydrogen (secondary N) is 2. The standard InChI is InChI=1S/C26H36N4O2/c1-19-16-20(2)18-23(17-19)28-25(27-10-11-30-12-14-32-15-13-30)29-24(31)21-6-8-22(9-7-21)26(3,4)5/h6-9,16-18H,10-15H2,1-5H3,(H2,27,28,29,31). The van der Waals surface area contributed by atoms with Crippen LogP contribution in [0.3, 0.4) is 0 Å². The lowest BCUT2D eigenvalue weighted by Gasteiger charge is -2.25. The van der Waals surface area contributed by atoms with Gasteiger partial charge in [-0.25, -0.2) is 0 Å². The lowest BCUT2D eigenvalue weighted by molar-refractivity contribution is 0.0394. The molecule has 2 aromatic carbocycles. The van der Waals surface area contributed by atoms with Crippen LogP contribution in [0.5, 0.6) is 0 Å². The zero-order valence-corrected chi connectivity index (χ0v) is 20.0. The molecule has 172 valence electrons. The second-order valence-corrected chi connectivity index (χ2v) is 9.47. The summed E-state index contributed by atoms with van der Waals surface area (Å²) in [5, 5.41) is 6.28. The first-order valence-electron chi connectivity index (χ1n) is 11.3. The maximum atomic E-state index is 12.9. The van der Waals surface area contributed by atoms with E-state index in [-0.39, 0.29) is 11.3 Å². The van der Waals surface area contributed by atoms with E-state index >= 15 is 0 Å². The number of benzene rings is 2. The fourth-order valence-corrected chi connectivity index (χ4v) is 3.72. The van der Waals surface area contributed by atoms with Gasteiger partial charge in [-0.1, -0.05) is 39.0 Å². The number of carbonyl (C=O) groups excluding carboxylic acids is 1. The zero-order chi connectivity index (χ0) is 23.1. The molecule has 3 rings (SSSR count). The second-order valence-electron chi connectivity index (χ2n) is 9.47. The number of guanidine groups is 1. The number of anilines is 1. The van der Waals surface area contributed by atoms with Gasteiger partial charge in [-0.3, -0.25) is 20.0 Å². The van der Waals surface area contributed by atoms with E-state index in [0.717, 1.165) is 49.7 Å². The Balaban J connectivity index is 1.72. The number of aryl methyl sites for hydroxylation is 2. The van der Waals surface area contributed by atoms with E-state index < -0.39 is 0 Å². The predicted octanol–water partition coefficient (Wildman–Crippen LogP) is 4.13. The van der Waals surface area contributed by atoms with Crippen LogP contribution in [0, 0.1) is 13.8 Å². The Labute approximate surface area is 192 Å². The normalized spacial score (nSPS) is 15.5. The van der Waals surface area contributed by atoms with Gasteiger partial charge in [0.1, 0.15) is 0 Å². The summed E-state index contributed by atoms with van der Waals surface area (Å²) >= 11 is 0. The van der Waals surface area contributed by atoms with Crippen molar-refractivity contribution in [2.24, 2.45) is 4.99 Å². The number of rotatable bonds is 5. The maximum Gasteiger partial charge on any atom is 0.257 e. The highest BCUT2D eigenvalue weighted by atomic mass is 16.5. The minimum atomic E-state index is -0.174. The van der Waals surface area contributed by atoms with Crippen molar-refractivity contribution in [1.82, 2.24) is 10.2 Å². The second kappa shape index (κ2) is 10.7. The molecule has 1 fully saturated rings. The molecule has 6 heteroatoms. The van der Waals surface area contributed by atoms with Crippen molar-refractivity contribution in [2.45, 2.75) is 40.0 Å². The van der Waals surface area contributed by atoms with Crippen LogP contribution >= 0.6 is 0 Å². The third kappa shape index (κ3) is 7.18. The Morgan fingerprint density at radius 2 is 1.66 bits per heavy atom. The first kappa shape index (κ1) is 24.0. The van der Waals surface area contributed by atoms with Crippen molar-refractivity contribution in [2.75, 3.05) is 44.7 Å². The van der Waals surface area contributed by atoms with Gasteiger partial charge in [0.2, 0.25) is 5.96 Å². The quantitative estimate of drug-likeness (QED) is 0.546. The molecular weight excluding hydrogens is 400 g/mol. The summed E-state index contributed by atoms with van der Waals surface area (Å²) < 4.78 is 5.41. The van der Waals surface area contributed by atoms with Gasteiger partial charge < -0.3 is 10.1 Å². The monoisotopic (exact) mass is 436 g/mol. The summed E-state index contributed by atoms with van der Waals surface area (Å²) in [6.45, 7) is 15.4. The highest BCUT2D eigenvalue weighted by Gasteiger charge is 2.15. The van der Waals surface area contributed by atoms with E-state index in [0.29, 0.717) is 18.1 Å². The van der Waals surface area contributed by atoms with E-state index in [1.54, 1.807) is 0 Å². The van der Waals surface area contributed by atoms with Crippen LogP contribution in [0.15, 0.2) is 47.5 Å². The molecule has 2 aromatic rings. The largest absolute Gasteiger partial charge is 0.379 e. The smallest absolute Gasteiger partial charge is 0.257 e. The number of ether oxygens (including phenoxy) is 1. The molecule has 32 heavy (non-hydrogen) atoms. The molecule has 0 radical (unpaired) electrons. The van der Waals surface area contributed by atoms with Crippen molar-refractivity contribution in [3.63, 3.8) is 0 Å². The van der Waals surface area contributed by atoms with Gasteiger partial charge in [-0.15, -0.1) is 0 Å². The number of carbonyl (C=O) groups is 1. The molecule has 0 spiro atoms. The number of morpholine rings is 1. The third-order valence-electron chi connectivity index (χ3n) is 5.52. The lowest BCUT2D eigenvalue weighted by atomic mass is 9.87. The molecule has 0 unspecified atom stereocenters. The first-order valence-corrected chi connectivity index (χ1v) is 11.3. The Morgan fingerprint density at radius 1 is 1.03 bits per heavy atom. The molecule has 1 aliphatic rings. The molecule has 1 saturated heterocycles. The molecule has 0 saturated carbocycles. The Kier molecular flexibility index (Phi) is 8.04.